The van der Waals surface area contributed by atoms with Crippen molar-refractivity contribution < 1.29 is 23.9 Å². The van der Waals surface area contributed by atoms with Crippen molar-refractivity contribution in [1.82, 2.24) is 5.32 Å². The number of amides is 4. The second-order valence-electron chi connectivity index (χ2n) is 8.08. The van der Waals surface area contributed by atoms with Crippen LogP contribution in [0.15, 0.2) is 66.2 Å². The molecule has 1 aliphatic heterocycles. The Bertz CT molecular complexity index is 1350. The van der Waals surface area contributed by atoms with Crippen LogP contribution in [0.3, 0.4) is 0 Å². The van der Waals surface area contributed by atoms with Gasteiger partial charge in [-0.2, -0.15) is 0 Å². The molecule has 0 spiro atoms. The Kier molecular flexibility index (Phi) is 6.89. The van der Waals surface area contributed by atoms with Gasteiger partial charge in [-0.1, -0.05) is 53.6 Å². The Morgan fingerprint density at radius 3 is 2.37 bits per heavy atom. The van der Waals surface area contributed by atoms with E-state index in [1.807, 2.05) is 31.2 Å². The Hall–Kier alpha value is -4.10. The van der Waals surface area contributed by atoms with Crippen molar-refractivity contribution in [1.29, 1.82) is 0 Å². The maximum atomic E-state index is 13.1. The monoisotopic (exact) mass is 490 g/mol. The summed E-state index contributed by atoms with van der Waals surface area (Å²) < 4.78 is 11.3. The number of benzene rings is 3. The highest BCUT2D eigenvalue weighted by Gasteiger charge is 2.37. The predicted octanol–water partition coefficient (Wildman–Crippen LogP) is 5.21. The van der Waals surface area contributed by atoms with Crippen molar-refractivity contribution in [2.24, 2.45) is 0 Å². The third-order valence-electron chi connectivity index (χ3n) is 5.53. The predicted molar refractivity (Wildman–Crippen MR) is 134 cm³/mol. The number of barbiturate groups is 1. The number of halogens is 1. The molecular weight excluding hydrogens is 468 g/mol. The first-order chi connectivity index (χ1) is 16.8. The summed E-state index contributed by atoms with van der Waals surface area (Å²) in [6, 6.07) is 17.0. The van der Waals surface area contributed by atoms with Gasteiger partial charge in [0.1, 0.15) is 12.2 Å². The number of aryl methyl sites for hydroxylation is 2. The third-order valence-corrected chi connectivity index (χ3v) is 5.94. The van der Waals surface area contributed by atoms with E-state index in [4.69, 9.17) is 21.1 Å². The molecule has 1 N–H and O–H groups in total. The summed E-state index contributed by atoms with van der Waals surface area (Å²) in [7, 11) is 1.50. The SMILES string of the molecule is COc1cc(/C=C2/C(=O)NC(=O)N(c3ccc(C)c(Cl)c3)C2=O)ccc1OCc1ccc(C)cc1. The number of carbonyl (C=O) groups excluding carboxylic acids is 3. The van der Waals surface area contributed by atoms with Crippen molar-refractivity contribution in [2.45, 2.75) is 20.5 Å². The highest BCUT2D eigenvalue weighted by Crippen LogP contribution is 2.31. The molecule has 1 fully saturated rings. The van der Waals surface area contributed by atoms with Crippen LogP contribution in [-0.4, -0.2) is 25.0 Å². The average Bonchev–Trinajstić information content (AvgIpc) is 2.83. The third kappa shape index (κ3) is 5.20. The quantitative estimate of drug-likeness (QED) is 0.378. The molecule has 0 radical (unpaired) electrons. The first kappa shape index (κ1) is 24.0. The molecule has 1 aliphatic rings. The second kappa shape index (κ2) is 10.0. The van der Waals surface area contributed by atoms with Crippen LogP contribution in [0.2, 0.25) is 5.02 Å². The number of methoxy groups -OCH3 is 1. The molecular formula is C27H23ClN2O5. The Morgan fingerprint density at radius 2 is 1.69 bits per heavy atom. The van der Waals surface area contributed by atoms with Crippen LogP contribution in [0.4, 0.5) is 10.5 Å². The lowest BCUT2D eigenvalue weighted by atomic mass is 10.1. The van der Waals surface area contributed by atoms with Crippen LogP contribution < -0.4 is 19.7 Å². The van der Waals surface area contributed by atoms with Crippen LogP contribution in [0.5, 0.6) is 11.5 Å². The fourth-order valence-electron chi connectivity index (χ4n) is 3.52. The topological polar surface area (TPSA) is 84.9 Å². The molecule has 35 heavy (non-hydrogen) atoms. The number of nitrogens with one attached hydrogen (secondary N) is 1. The number of carbonyl (C=O) groups is 3. The van der Waals surface area contributed by atoms with E-state index in [1.54, 1.807) is 37.3 Å². The highest BCUT2D eigenvalue weighted by atomic mass is 35.5. The van der Waals surface area contributed by atoms with E-state index in [0.29, 0.717) is 28.7 Å². The van der Waals surface area contributed by atoms with E-state index in [-0.39, 0.29) is 11.3 Å². The van der Waals surface area contributed by atoms with Gasteiger partial charge in [-0.25, -0.2) is 9.69 Å². The number of rotatable bonds is 6. The second-order valence-corrected chi connectivity index (χ2v) is 8.48. The van der Waals surface area contributed by atoms with E-state index in [0.717, 1.165) is 21.6 Å². The highest BCUT2D eigenvalue weighted by molar-refractivity contribution is 6.39. The normalized spacial score (nSPS) is 14.8. The number of hydrogen-bond acceptors (Lipinski definition) is 5. The average molecular weight is 491 g/mol. The van der Waals surface area contributed by atoms with Crippen LogP contribution in [0.1, 0.15) is 22.3 Å². The fourth-order valence-corrected chi connectivity index (χ4v) is 3.69. The van der Waals surface area contributed by atoms with Gasteiger partial charge >= 0.3 is 6.03 Å². The molecule has 7 nitrogen and oxygen atoms in total. The first-order valence-electron chi connectivity index (χ1n) is 10.8. The smallest absolute Gasteiger partial charge is 0.335 e. The van der Waals surface area contributed by atoms with E-state index >= 15 is 0 Å². The molecule has 178 valence electrons. The minimum atomic E-state index is -0.838. The summed E-state index contributed by atoms with van der Waals surface area (Å²) in [5.41, 5.74) is 3.56. The summed E-state index contributed by atoms with van der Waals surface area (Å²) in [4.78, 5) is 38.9. The lowest BCUT2D eigenvalue weighted by molar-refractivity contribution is -0.122. The molecule has 1 heterocycles. The molecule has 4 amide bonds. The number of imide groups is 2. The number of hydrogen-bond donors (Lipinski definition) is 1. The van der Waals surface area contributed by atoms with Gasteiger partial charge in [0, 0.05) is 5.02 Å². The molecule has 8 heteroatoms. The largest absolute Gasteiger partial charge is 0.493 e. The van der Waals surface area contributed by atoms with Gasteiger partial charge in [0.05, 0.1) is 12.8 Å². The van der Waals surface area contributed by atoms with Crippen molar-refractivity contribution in [3.8, 4) is 11.5 Å². The summed E-state index contributed by atoms with van der Waals surface area (Å²) in [6.45, 7) is 4.18. The van der Waals surface area contributed by atoms with Crippen molar-refractivity contribution in [2.75, 3.05) is 12.0 Å². The van der Waals surface area contributed by atoms with Gasteiger partial charge in [-0.3, -0.25) is 14.9 Å². The van der Waals surface area contributed by atoms with E-state index in [1.165, 1.54) is 19.3 Å². The van der Waals surface area contributed by atoms with Crippen LogP contribution in [-0.2, 0) is 16.2 Å². The first-order valence-corrected chi connectivity index (χ1v) is 11.2. The lowest BCUT2D eigenvalue weighted by Gasteiger charge is -2.26. The summed E-state index contributed by atoms with van der Waals surface area (Å²) in [6.07, 6.45) is 1.40. The maximum absolute atomic E-state index is 13.1. The van der Waals surface area contributed by atoms with Crippen LogP contribution in [0.25, 0.3) is 6.08 Å². The summed E-state index contributed by atoms with van der Waals surface area (Å²) in [5.74, 6) is -0.584. The van der Waals surface area contributed by atoms with E-state index < -0.39 is 17.8 Å². The van der Waals surface area contributed by atoms with Gasteiger partial charge in [0.15, 0.2) is 11.5 Å². The van der Waals surface area contributed by atoms with Crippen LogP contribution in [0, 0.1) is 13.8 Å². The van der Waals surface area contributed by atoms with Gasteiger partial charge in [-0.05, 0) is 60.9 Å². The van der Waals surface area contributed by atoms with Crippen LogP contribution >= 0.6 is 11.6 Å². The number of ether oxygens (including phenoxy) is 2. The standard InChI is InChI=1S/C27H23ClN2O5/c1-16-4-7-18(8-5-16)15-35-23-11-9-19(13-24(23)34-3)12-21-25(31)29-27(33)30(26(21)32)20-10-6-17(2)22(28)14-20/h4-14H,15H2,1-3H3,(H,29,31,33)/b21-12-. The Balaban J connectivity index is 1.59. The number of nitrogens with zero attached hydrogens (tertiary/aromatic N) is 1. The number of urea groups is 1. The van der Waals surface area contributed by atoms with E-state index in [2.05, 4.69) is 5.32 Å². The molecule has 0 aromatic heterocycles. The lowest BCUT2D eigenvalue weighted by Crippen LogP contribution is -2.54. The minimum Gasteiger partial charge on any atom is -0.493 e. The van der Waals surface area contributed by atoms with Crippen molar-refractivity contribution in [3.63, 3.8) is 0 Å². The zero-order valence-electron chi connectivity index (χ0n) is 19.4. The minimum absolute atomic E-state index is 0.198. The zero-order valence-corrected chi connectivity index (χ0v) is 20.2. The molecule has 4 rings (SSSR count). The van der Waals surface area contributed by atoms with Gasteiger partial charge in [0.2, 0.25) is 0 Å². The van der Waals surface area contributed by atoms with Gasteiger partial charge in [0.25, 0.3) is 11.8 Å². The Morgan fingerprint density at radius 1 is 0.943 bits per heavy atom. The van der Waals surface area contributed by atoms with Crippen molar-refractivity contribution >= 4 is 41.2 Å². The molecule has 0 bridgehead atoms. The molecule has 0 saturated carbocycles. The summed E-state index contributed by atoms with van der Waals surface area (Å²) in [5, 5.41) is 2.60. The van der Waals surface area contributed by atoms with Gasteiger partial charge in [-0.15, -0.1) is 0 Å². The summed E-state index contributed by atoms with van der Waals surface area (Å²) >= 11 is 6.17. The van der Waals surface area contributed by atoms with Gasteiger partial charge < -0.3 is 9.47 Å². The molecule has 3 aromatic rings. The molecule has 0 aliphatic carbocycles. The molecule has 0 atom stereocenters. The molecule has 0 unspecified atom stereocenters. The van der Waals surface area contributed by atoms with Crippen molar-refractivity contribution in [3.05, 3.63) is 93.5 Å². The fraction of sp³-hybridized carbons (Fsp3) is 0.148. The van der Waals surface area contributed by atoms with E-state index in [9.17, 15) is 14.4 Å². The number of anilines is 1. The molecule has 3 aromatic carbocycles. The Labute approximate surface area is 207 Å². The maximum Gasteiger partial charge on any atom is 0.335 e. The molecule has 1 saturated heterocycles. The zero-order chi connectivity index (χ0) is 25.1.